The monoisotopic (exact) mass is 410 g/mol. The molecule has 0 saturated carbocycles. The second-order valence-electron chi connectivity index (χ2n) is 7.29. The van der Waals surface area contributed by atoms with Gasteiger partial charge in [-0.05, 0) is 48.6 Å². The first kappa shape index (κ1) is 20.8. The zero-order chi connectivity index (χ0) is 20.8. The van der Waals surface area contributed by atoms with Crippen LogP contribution in [-0.4, -0.2) is 48.0 Å². The van der Waals surface area contributed by atoms with Gasteiger partial charge in [0.2, 0.25) is 5.91 Å². The molecule has 1 heterocycles. The first-order valence-electron chi connectivity index (χ1n) is 9.75. The van der Waals surface area contributed by atoms with Crippen molar-refractivity contribution in [2.24, 2.45) is 5.92 Å². The van der Waals surface area contributed by atoms with Gasteiger partial charge in [-0.2, -0.15) is 0 Å². The van der Waals surface area contributed by atoms with E-state index in [0.717, 1.165) is 30.0 Å². The van der Waals surface area contributed by atoms with Crippen LogP contribution in [-0.2, 0) is 4.79 Å². The summed E-state index contributed by atoms with van der Waals surface area (Å²) in [5, 5.41) is 5.99. The summed E-state index contributed by atoms with van der Waals surface area (Å²) in [6.07, 6.45) is 0. The summed E-state index contributed by atoms with van der Waals surface area (Å²) >= 11 is 5.18. The van der Waals surface area contributed by atoms with Crippen LogP contribution in [0, 0.1) is 5.92 Å². The molecule has 1 aliphatic heterocycles. The lowest BCUT2D eigenvalue weighted by atomic mass is 10.1. The van der Waals surface area contributed by atoms with E-state index in [1.54, 1.807) is 0 Å². The van der Waals surface area contributed by atoms with Crippen molar-refractivity contribution in [2.75, 3.05) is 36.4 Å². The summed E-state index contributed by atoms with van der Waals surface area (Å²) in [5.74, 6) is -0.145. The highest BCUT2D eigenvalue weighted by molar-refractivity contribution is 7.80. The lowest BCUT2D eigenvalue weighted by molar-refractivity contribution is -0.122. The Morgan fingerprint density at radius 3 is 2.14 bits per heavy atom. The molecular formula is C22H26N4O2S. The van der Waals surface area contributed by atoms with Gasteiger partial charge in [-0.25, -0.2) is 0 Å². The molecule has 2 aromatic rings. The molecule has 152 valence electrons. The molecule has 2 aromatic carbocycles. The SMILES string of the molecule is CC(C)C(=O)NC(=S)Nc1ccc(N2CCN(C(=O)c3ccccc3)CC2)cc1. The topological polar surface area (TPSA) is 64.7 Å². The quantitative estimate of drug-likeness (QED) is 0.759. The van der Waals surface area contributed by atoms with E-state index < -0.39 is 0 Å². The predicted molar refractivity (Wildman–Crippen MR) is 120 cm³/mol. The fraction of sp³-hybridized carbons (Fsp3) is 0.318. The molecule has 0 unspecified atom stereocenters. The first-order chi connectivity index (χ1) is 13.9. The van der Waals surface area contributed by atoms with E-state index in [-0.39, 0.29) is 17.7 Å². The maximum atomic E-state index is 12.6. The summed E-state index contributed by atoms with van der Waals surface area (Å²) in [5.41, 5.74) is 2.65. The molecule has 2 amide bonds. The Kier molecular flexibility index (Phi) is 6.82. The van der Waals surface area contributed by atoms with Gasteiger partial charge in [0.1, 0.15) is 0 Å². The number of thiocarbonyl (C=S) groups is 1. The van der Waals surface area contributed by atoms with E-state index in [4.69, 9.17) is 12.2 Å². The average molecular weight is 411 g/mol. The second-order valence-corrected chi connectivity index (χ2v) is 7.70. The van der Waals surface area contributed by atoms with Crippen LogP contribution in [0.3, 0.4) is 0 Å². The van der Waals surface area contributed by atoms with Gasteiger partial charge in [0.15, 0.2) is 5.11 Å². The Hall–Kier alpha value is -2.93. The molecule has 0 bridgehead atoms. The smallest absolute Gasteiger partial charge is 0.253 e. The van der Waals surface area contributed by atoms with E-state index in [0.29, 0.717) is 18.2 Å². The first-order valence-corrected chi connectivity index (χ1v) is 10.2. The molecule has 2 N–H and O–H groups in total. The number of anilines is 2. The van der Waals surface area contributed by atoms with Crippen LogP contribution in [0.4, 0.5) is 11.4 Å². The minimum atomic E-state index is -0.121. The Labute approximate surface area is 176 Å². The van der Waals surface area contributed by atoms with Gasteiger partial charge >= 0.3 is 0 Å². The molecular weight excluding hydrogens is 384 g/mol. The van der Waals surface area contributed by atoms with Gasteiger partial charge in [-0.1, -0.05) is 32.0 Å². The van der Waals surface area contributed by atoms with Crippen molar-refractivity contribution >= 4 is 40.5 Å². The molecule has 0 radical (unpaired) electrons. The van der Waals surface area contributed by atoms with Crippen LogP contribution < -0.4 is 15.5 Å². The van der Waals surface area contributed by atoms with Crippen LogP contribution in [0.15, 0.2) is 54.6 Å². The number of hydrogen-bond donors (Lipinski definition) is 2. The predicted octanol–water partition coefficient (Wildman–Crippen LogP) is 3.12. The third kappa shape index (κ3) is 5.54. The van der Waals surface area contributed by atoms with Gasteiger partial charge in [-0.3, -0.25) is 9.59 Å². The normalized spacial score (nSPS) is 13.9. The highest BCUT2D eigenvalue weighted by atomic mass is 32.1. The Balaban J connectivity index is 1.52. The standard InChI is InChI=1S/C22H26N4O2S/c1-16(2)20(27)24-22(29)23-18-8-10-19(11-9-18)25-12-14-26(15-13-25)21(28)17-6-4-3-5-7-17/h3-11,16H,12-15H2,1-2H3,(H2,23,24,27,29). The molecule has 3 rings (SSSR count). The summed E-state index contributed by atoms with van der Waals surface area (Å²) in [7, 11) is 0. The maximum Gasteiger partial charge on any atom is 0.253 e. The summed E-state index contributed by atoms with van der Waals surface area (Å²) in [4.78, 5) is 28.4. The number of carbonyl (C=O) groups excluding carboxylic acids is 2. The van der Waals surface area contributed by atoms with Gasteiger partial charge in [0, 0.05) is 49.0 Å². The molecule has 0 aromatic heterocycles. The number of piperazine rings is 1. The molecule has 7 heteroatoms. The molecule has 0 atom stereocenters. The number of nitrogens with one attached hydrogen (secondary N) is 2. The van der Waals surface area contributed by atoms with Crippen molar-refractivity contribution in [1.82, 2.24) is 10.2 Å². The van der Waals surface area contributed by atoms with E-state index in [2.05, 4.69) is 15.5 Å². The van der Waals surface area contributed by atoms with Crippen LogP contribution in [0.1, 0.15) is 24.2 Å². The minimum Gasteiger partial charge on any atom is -0.368 e. The van der Waals surface area contributed by atoms with Crippen LogP contribution in [0.2, 0.25) is 0 Å². The summed E-state index contributed by atoms with van der Waals surface area (Å²) < 4.78 is 0. The number of nitrogens with zero attached hydrogens (tertiary/aromatic N) is 2. The lowest BCUT2D eigenvalue weighted by Gasteiger charge is -2.36. The van der Waals surface area contributed by atoms with Crippen molar-refractivity contribution in [2.45, 2.75) is 13.8 Å². The average Bonchev–Trinajstić information content (AvgIpc) is 2.74. The van der Waals surface area contributed by atoms with E-state index in [1.165, 1.54) is 0 Å². The Bertz CT molecular complexity index is 860. The van der Waals surface area contributed by atoms with E-state index in [9.17, 15) is 9.59 Å². The van der Waals surface area contributed by atoms with Gasteiger partial charge in [0.05, 0.1) is 0 Å². The number of benzene rings is 2. The molecule has 1 aliphatic rings. The Morgan fingerprint density at radius 1 is 0.931 bits per heavy atom. The van der Waals surface area contributed by atoms with Crippen LogP contribution in [0.25, 0.3) is 0 Å². The number of hydrogen-bond acceptors (Lipinski definition) is 4. The number of rotatable bonds is 4. The number of amides is 2. The van der Waals surface area contributed by atoms with Gasteiger partial charge in [-0.15, -0.1) is 0 Å². The molecule has 0 spiro atoms. The molecule has 0 aliphatic carbocycles. The third-order valence-corrected chi connectivity index (χ3v) is 5.04. The largest absolute Gasteiger partial charge is 0.368 e. The van der Waals surface area contributed by atoms with Crippen LogP contribution >= 0.6 is 12.2 Å². The van der Waals surface area contributed by atoms with Gasteiger partial charge < -0.3 is 20.4 Å². The maximum absolute atomic E-state index is 12.6. The van der Waals surface area contributed by atoms with Crippen molar-refractivity contribution in [3.05, 3.63) is 60.2 Å². The lowest BCUT2D eigenvalue weighted by Crippen LogP contribution is -2.48. The molecule has 29 heavy (non-hydrogen) atoms. The van der Waals surface area contributed by atoms with Crippen LogP contribution in [0.5, 0.6) is 0 Å². The highest BCUT2D eigenvalue weighted by Crippen LogP contribution is 2.20. The zero-order valence-electron chi connectivity index (χ0n) is 16.7. The summed E-state index contributed by atoms with van der Waals surface area (Å²) in [6.45, 7) is 6.60. The molecule has 1 saturated heterocycles. The fourth-order valence-electron chi connectivity index (χ4n) is 3.11. The van der Waals surface area contributed by atoms with Crippen molar-refractivity contribution in [1.29, 1.82) is 0 Å². The van der Waals surface area contributed by atoms with Crippen molar-refractivity contribution in [3.8, 4) is 0 Å². The molecule has 1 fully saturated rings. The van der Waals surface area contributed by atoms with E-state index >= 15 is 0 Å². The number of carbonyl (C=O) groups is 2. The fourth-order valence-corrected chi connectivity index (χ4v) is 3.32. The van der Waals surface area contributed by atoms with Gasteiger partial charge in [0.25, 0.3) is 5.91 Å². The zero-order valence-corrected chi connectivity index (χ0v) is 17.5. The second kappa shape index (κ2) is 9.52. The van der Waals surface area contributed by atoms with Crippen molar-refractivity contribution in [3.63, 3.8) is 0 Å². The van der Waals surface area contributed by atoms with E-state index in [1.807, 2.05) is 73.3 Å². The Morgan fingerprint density at radius 2 is 1.55 bits per heavy atom. The minimum absolute atomic E-state index is 0.0850. The highest BCUT2D eigenvalue weighted by Gasteiger charge is 2.22. The third-order valence-electron chi connectivity index (χ3n) is 4.84. The summed E-state index contributed by atoms with van der Waals surface area (Å²) in [6, 6.07) is 17.3. The van der Waals surface area contributed by atoms with Crippen molar-refractivity contribution < 1.29 is 9.59 Å². The molecule has 6 nitrogen and oxygen atoms in total.